The highest BCUT2D eigenvalue weighted by Gasteiger charge is 2.32. The van der Waals surface area contributed by atoms with Gasteiger partial charge < -0.3 is 15.3 Å². The molecule has 1 aromatic heterocycles. The maximum Gasteiger partial charge on any atom is 0.416 e. The summed E-state index contributed by atoms with van der Waals surface area (Å²) >= 11 is 0. The first-order chi connectivity index (χ1) is 18.6. The molecular formula is C28H19F4N3O4. The number of allylic oxidation sites excluding steroid dienone is 1. The second kappa shape index (κ2) is 9.75. The van der Waals surface area contributed by atoms with Crippen LogP contribution < -0.4 is 0 Å². The summed E-state index contributed by atoms with van der Waals surface area (Å²) in [5, 5.41) is 39.3. The number of aromatic carboxylic acids is 1. The Bertz CT molecular complexity index is 1670. The van der Waals surface area contributed by atoms with E-state index in [1.807, 2.05) is 6.08 Å². The van der Waals surface area contributed by atoms with Crippen molar-refractivity contribution in [2.45, 2.75) is 19.0 Å². The van der Waals surface area contributed by atoms with Crippen LogP contribution in [0.25, 0.3) is 22.9 Å². The van der Waals surface area contributed by atoms with Gasteiger partial charge in [-0.2, -0.15) is 13.2 Å². The fourth-order valence-corrected chi connectivity index (χ4v) is 4.45. The van der Waals surface area contributed by atoms with Gasteiger partial charge in [-0.25, -0.2) is 9.18 Å². The molecular weight excluding hydrogens is 518 g/mol. The number of alkyl halides is 3. The number of halogens is 4. The number of para-hydroxylation sites is 1. The summed E-state index contributed by atoms with van der Waals surface area (Å²) in [5.41, 5.74) is 0.107. The highest BCUT2D eigenvalue weighted by molar-refractivity contribution is 5.90. The van der Waals surface area contributed by atoms with Gasteiger partial charge in [0, 0.05) is 16.8 Å². The number of carboxylic acid groups (broad SMARTS) is 1. The average molecular weight is 537 g/mol. The van der Waals surface area contributed by atoms with Crippen molar-refractivity contribution < 1.29 is 37.7 Å². The Labute approximate surface area is 218 Å². The number of hydrogen-bond acceptors (Lipinski definition) is 5. The third-order valence-corrected chi connectivity index (χ3v) is 6.30. The summed E-state index contributed by atoms with van der Waals surface area (Å²) in [6, 6.07) is 12.6. The molecule has 3 N–H and O–H groups in total. The van der Waals surface area contributed by atoms with Gasteiger partial charge in [0.15, 0.2) is 11.4 Å². The zero-order valence-corrected chi connectivity index (χ0v) is 19.9. The predicted octanol–water partition coefficient (Wildman–Crippen LogP) is 7.79. The van der Waals surface area contributed by atoms with Crippen LogP contribution in [0, 0.1) is 5.82 Å². The van der Waals surface area contributed by atoms with Crippen LogP contribution in [0.1, 0.15) is 33.6 Å². The lowest BCUT2D eigenvalue weighted by Gasteiger charge is -2.14. The van der Waals surface area contributed by atoms with Crippen LogP contribution in [0.15, 0.2) is 77.0 Å². The van der Waals surface area contributed by atoms with Crippen molar-refractivity contribution in [1.82, 2.24) is 4.57 Å². The highest BCUT2D eigenvalue weighted by Crippen LogP contribution is 2.45. The van der Waals surface area contributed by atoms with E-state index < -0.39 is 29.4 Å². The molecule has 0 atom stereocenters. The van der Waals surface area contributed by atoms with E-state index in [0.29, 0.717) is 41.3 Å². The largest absolute Gasteiger partial charge is 0.505 e. The minimum absolute atomic E-state index is 0.00891. The predicted molar refractivity (Wildman–Crippen MR) is 134 cm³/mol. The molecule has 4 aromatic rings. The number of hydrogen-bond donors (Lipinski definition) is 3. The molecule has 0 radical (unpaired) electrons. The van der Waals surface area contributed by atoms with Crippen LogP contribution in [-0.2, 0) is 12.6 Å². The topological polar surface area (TPSA) is 107 Å². The average Bonchev–Trinajstić information content (AvgIpc) is 3.18. The van der Waals surface area contributed by atoms with Crippen molar-refractivity contribution in [2.75, 3.05) is 0 Å². The van der Waals surface area contributed by atoms with E-state index in [4.69, 9.17) is 0 Å². The van der Waals surface area contributed by atoms with Crippen LogP contribution in [0.3, 0.4) is 0 Å². The third kappa shape index (κ3) is 4.74. The van der Waals surface area contributed by atoms with Gasteiger partial charge in [0.2, 0.25) is 5.88 Å². The van der Waals surface area contributed by atoms with E-state index >= 15 is 0 Å². The molecule has 0 saturated heterocycles. The summed E-state index contributed by atoms with van der Waals surface area (Å²) in [6.45, 7) is 0. The monoisotopic (exact) mass is 537 g/mol. The Morgan fingerprint density at radius 2 is 1.74 bits per heavy atom. The first-order valence-electron chi connectivity index (χ1n) is 11.6. The standard InChI is InChI=1S/C28H19F4N3O4/c29-20-14-17(28(30,31)32)11-12-23(20)35-22-10-2-1-7-19(22)24(26(35)37)34-33-21-9-4-8-18(25(21)36)15-5-3-6-16(13-15)27(38)39/h1,3-9,11-14,36-37H,2,10H2,(H,38,39). The number of phenols is 1. The van der Waals surface area contributed by atoms with E-state index in [1.165, 1.54) is 24.3 Å². The SMILES string of the molecule is O=C(O)c1cccc(-c2cccc(N=Nc3c4c(n(-c5ccc(C(F)(F)F)cc5F)c3O)CCC=C4)c2O)c1. The van der Waals surface area contributed by atoms with Crippen LogP contribution in [-0.4, -0.2) is 25.9 Å². The Morgan fingerprint density at radius 1 is 0.974 bits per heavy atom. The molecule has 5 rings (SSSR count). The van der Waals surface area contributed by atoms with Gasteiger partial charge in [-0.15, -0.1) is 10.2 Å². The second-order valence-corrected chi connectivity index (χ2v) is 8.73. The highest BCUT2D eigenvalue weighted by atomic mass is 19.4. The van der Waals surface area contributed by atoms with E-state index in [2.05, 4.69) is 10.2 Å². The van der Waals surface area contributed by atoms with Crippen molar-refractivity contribution in [3.8, 4) is 28.4 Å². The number of fused-ring (bicyclic) bond motifs is 1. The summed E-state index contributed by atoms with van der Waals surface area (Å²) in [7, 11) is 0. The molecule has 0 aliphatic heterocycles. The minimum atomic E-state index is -4.73. The molecule has 198 valence electrons. The maximum absolute atomic E-state index is 14.8. The summed E-state index contributed by atoms with van der Waals surface area (Å²) in [5.74, 6) is -3.13. The fourth-order valence-electron chi connectivity index (χ4n) is 4.45. The summed E-state index contributed by atoms with van der Waals surface area (Å²) in [4.78, 5) is 11.3. The zero-order valence-electron chi connectivity index (χ0n) is 19.9. The molecule has 1 heterocycles. The molecule has 11 heteroatoms. The van der Waals surface area contributed by atoms with E-state index in [9.17, 15) is 37.7 Å². The van der Waals surface area contributed by atoms with Crippen molar-refractivity contribution >= 4 is 23.4 Å². The molecule has 0 amide bonds. The summed E-state index contributed by atoms with van der Waals surface area (Å²) in [6.07, 6.45) is -0.366. The number of nitrogens with zero attached hydrogens (tertiary/aromatic N) is 3. The minimum Gasteiger partial charge on any atom is -0.505 e. The van der Waals surface area contributed by atoms with Crippen LogP contribution in [0.5, 0.6) is 11.6 Å². The summed E-state index contributed by atoms with van der Waals surface area (Å²) < 4.78 is 55.1. The molecule has 0 spiro atoms. The lowest BCUT2D eigenvalue weighted by atomic mass is 10.0. The molecule has 1 aliphatic rings. The molecule has 39 heavy (non-hydrogen) atoms. The van der Waals surface area contributed by atoms with Crippen molar-refractivity contribution in [3.63, 3.8) is 0 Å². The Kier molecular flexibility index (Phi) is 6.43. The molecule has 3 aromatic carbocycles. The van der Waals surface area contributed by atoms with Gasteiger partial charge in [0.25, 0.3) is 0 Å². The number of aromatic hydroxyl groups is 2. The smallest absolute Gasteiger partial charge is 0.416 e. The van der Waals surface area contributed by atoms with E-state index in [0.717, 1.165) is 16.7 Å². The number of aromatic nitrogens is 1. The van der Waals surface area contributed by atoms with Crippen LogP contribution in [0.4, 0.5) is 28.9 Å². The van der Waals surface area contributed by atoms with Crippen molar-refractivity contribution in [3.05, 3.63) is 94.9 Å². The van der Waals surface area contributed by atoms with Crippen LogP contribution >= 0.6 is 0 Å². The lowest BCUT2D eigenvalue weighted by molar-refractivity contribution is -0.137. The number of rotatable bonds is 5. The molecule has 0 saturated carbocycles. The van der Waals surface area contributed by atoms with Gasteiger partial charge >= 0.3 is 12.1 Å². The molecule has 0 bridgehead atoms. The van der Waals surface area contributed by atoms with E-state index in [1.54, 1.807) is 24.3 Å². The van der Waals surface area contributed by atoms with Gasteiger partial charge in [0.05, 0.1) is 16.8 Å². The quantitative estimate of drug-likeness (QED) is 0.178. The zero-order chi connectivity index (χ0) is 27.9. The molecule has 0 unspecified atom stereocenters. The molecule has 7 nitrogen and oxygen atoms in total. The third-order valence-electron chi connectivity index (χ3n) is 6.30. The number of azo groups is 1. The normalized spacial score (nSPS) is 13.1. The maximum atomic E-state index is 14.8. The first-order valence-corrected chi connectivity index (χ1v) is 11.6. The number of carbonyl (C=O) groups is 1. The molecule has 1 aliphatic carbocycles. The van der Waals surface area contributed by atoms with Gasteiger partial charge in [-0.1, -0.05) is 36.4 Å². The van der Waals surface area contributed by atoms with Gasteiger partial charge in [-0.3, -0.25) is 4.57 Å². The Balaban J connectivity index is 1.58. The van der Waals surface area contributed by atoms with Crippen molar-refractivity contribution in [2.24, 2.45) is 10.2 Å². The Morgan fingerprint density at radius 3 is 2.46 bits per heavy atom. The lowest BCUT2D eigenvalue weighted by Crippen LogP contribution is -2.09. The van der Waals surface area contributed by atoms with Gasteiger partial charge in [0.1, 0.15) is 11.5 Å². The second-order valence-electron chi connectivity index (χ2n) is 8.73. The Hall–Kier alpha value is -4.93. The van der Waals surface area contributed by atoms with Crippen LogP contribution in [0.2, 0.25) is 0 Å². The molecule has 0 fully saturated rings. The van der Waals surface area contributed by atoms with Gasteiger partial charge in [-0.05, 0) is 54.8 Å². The number of phenolic OH excluding ortho intramolecular Hbond substituents is 1. The first kappa shape index (κ1) is 25.7. The fraction of sp³-hybridized carbons (Fsp3) is 0.107. The number of carboxylic acids is 1. The van der Waals surface area contributed by atoms with E-state index in [-0.39, 0.29) is 28.4 Å². The van der Waals surface area contributed by atoms with Crippen molar-refractivity contribution in [1.29, 1.82) is 0 Å². The number of benzene rings is 3.